The van der Waals surface area contributed by atoms with Crippen LogP contribution in [-0.2, 0) is 0 Å². The molecule has 0 spiro atoms. The normalized spacial score (nSPS) is 11.8. The largest absolute Gasteiger partial charge is 0.377 e. The molecule has 0 amide bonds. The first-order valence-electron chi connectivity index (χ1n) is 6.96. The van der Waals surface area contributed by atoms with Crippen molar-refractivity contribution < 1.29 is 0 Å². The number of hydrogen-bond donors (Lipinski definition) is 1. The maximum atomic E-state index is 9.22. The van der Waals surface area contributed by atoms with Crippen molar-refractivity contribution in [2.45, 2.75) is 33.7 Å². The average Bonchev–Trinajstić information content (AvgIpc) is 2.43. The number of hydrogen-bond acceptors (Lipinski definition) is 2. The first-order valence-corrected chi connectivity index (χ1v) is 7.75. The first-order chi connectivity index (χ1) is 9.92. The van der Waals surface area contributed by atoms with Gasteiger partial charge in [0.25, 0.3) is 0 Å². The van der Waals surface area contributed by atoms with E-state index < -0.39 is 0 Å². The fourth-order valence-corrected chi connectivity index (χ4v) is 2.85. The Hall–Kier alpha value is -1.79. The number of rotatable bonds is 3. The van der Waals surface area contributed by atoms with Gasteiger partial charge in [0.05, 0.1) is 11.3 Å². The zero-order chi connectivity index (χ0) is 15.6. The molecule has 2 nitrogen and oxygen atoms in total. The van der Waals surface area contributed by atoms with E-state index in [-0.39, 0.29) is 6.04 Å². The molecule has 0 aromatic heterocycles. The molecule has 0 saturated carbocycles. The topological polar surface area (TPSA) is 35.8 Å². The number of halogens is 1. The lowest BCUT2D eigenvalue weighted by Gasteiger charge is -2.20. The van der Waals surface area contributed by atoms with Gasteiger partial charge in [-0.2, -0.15) is 5.26 Å². The van der Waals surface area contributed by atoms with Crippen molar-refractivity contribution in [1.29, 1.82) is 5.26 Å². The quantitative estimate of drug-likeness (QED) is 0.808. The standard InChI is InChI=1S/C18H19BrN2/c1-11-7-13(3)17(8-12(11)2)14(4)21-18-9-16(19)6-5-15(18)10-20/h5-9,14,21H,1-4H3. The Morgan fingerprint density at radius 1 is 1.05 bits per heavy atom. The van der Waals surface area contributed by atoms with Crippen molar-refractivity contribution in [2.24, 2.45) is 0 Å². The summed E-state index contributed by atoms with van der Waals surface area (Å²) in [6, 6.07) is 12.5. The van der Waals surface area contributed by atoms with Gasteiger partial charge in [0.15, 0.2) is 0 Å². The molecule has 1 atom stereocenters. The fraction of sp³-hybridized carbons (Fsp3) is 0.278. The summed E-state index contributed by atoms with van der Waals surface area (Å²) in [6.45, 7) is 8.52. The molecule has 0 heterocycles. The molecule has 108 valence electrons. The van der Waals surface area contributed by atoms with Gasteiger partial charge in [-0.05, 0) is 68.1 Å². The van der Waals surface area contributed by atoms with E-state index in [9.17, 15) is 5.26 Å². The van der Waals surface area contributed by atoms with Crippen LogP contribution < -0.4 is 5.32 Å². The Balaban J connectivity index is 2.35. The Morgan fingerprint density at radius 3 is 2.38 bits per heavy atom. The molecule has 0 aliphatic heterocycles. The molecule has 1 N–H and O–H groups in total. The van der Waals surface area contributed by atoms with Gasteiger partial charge in [0.2, 0.25) is 0 Å². The Labute approximate surface area is 134 Å². The molecule has 2 rings (SSSR count). The van der Waals surface area contributed by atoms with E-state index in [2.05, 4.69) is 67.1 Å². The highest BCUT2D eigenvalue weighted by Crippen LogP contribution is 2.28. The number of nitrogens with one attached hydrogen (secondary N) is 1. The van der Waals surface area contributed by atoms with Crippen molar-refractivity contribution in [3.63, 3.8) is 0 Å². The molecule has 0 aliphatic carbocycles. The van der Waals surface area contributed by atoms with E-state index >= 15 is 0 Å². The second-order valence-electron chi connectivity index (χ2n) is 5.46. The van der Waals surface area contributed by atoms with Gasteiger partial charge in [-0.3, -0.25) is 0 Å². The number of benzene rings is 2. The molecule has 2 aromatic carbocycles. The number of anilines is 1. The number of nitrogens with zero attached hydrogens (tertiary/aromatic N) is 1. The summed E-state index contributed by atoms with van der Waals surface area (Å²) in [5.74, 6) is 0. The summed E-state index contributed by atoms with van der Waals surface area (Å²) < 4.78 is 0.966. The maximum Gasteiger partial charge on any atom is 0.101 e. The zero-order valence-electron chi connectivity index (χ0n) is 12.8. The monoisotopic (exact) mass is 342 g/mol. The third-order valence-corrected chi connectivity index (χ3v) is 4.32. The smallest absolute Gasteiger partial charge is 0.101 e. The van der Waals surface area contributed by atoms with E-state index in [0.717, 1.165) is 10.2 Å². The van der Waals surface area contributed by atoms with Crippen LogP contribution in [-0.4, -0.2) is 0 Å². The van der Waals surface area contributed by atoms with E-state index in [4.69, 9.17) is 0 Å². The lowest BCUT2D eigenvalue weighted by molar-refractivity contribution is 0.869. The molecule has 2 aromatic rings. The lowest BCUT2D eigenvalue weighted by atomic mass is 9.96. The van der Waals surface area contributed by atoms with Gasteiger partial charge in [0, 0.05) is 10.5 Å². The van der Waals surface area contributed by atoms with Crippen LogP contribution in [0.5, 0.6) is 0 Å². The van der Waals surface area contributed by atoms with Crippen LogP contribution >= 0.6 is 15.9 Å². The number of nitriles is 1. The summed E-state index contributed by atoms with van der Waals surface area (Å²) in [6.07, 6.45) is 0. The predicted octanol–water partition coefficient (Wildman–Crippen LogP) is 5.42. The van der Waals surface area contributed by atoms with E-state index in [1.807, 2.05) is 18.2 Å². The van der Waals surface area contributed by atoms with Gasteiger partial charge < -0.3 is 5.32 Å². The van der Waals surface area contributed by atoms with Gasteiger partial charge in [-0.25, -0.2) is 0 Å². The highest BCUT2D eigenvalue weighted by atomic mass is 79.9. The van der Waals surface area contributed by atoms with E-state index in [1.54, 1.807) is 0 Å². The highest BCUT2D eigenvalue weighted by Gasteiger charge is 2.12. The highest BCUT2D eigenvalue weighted by molar-refractivity contribution is 9.10. The zero-order valence-corrected chi connectivity index (χ0v) is 14.4. The minimum Gasteiger partial charge on any atom is -0.377 e. The molecule has 3 heteroatoms. The molecular formula is C18H19BrN2. The van der Waals surface area contributed by atoms with Crippen LogP contribution in [0.3, 0.4) is 0 Å². The van der Waals surface area contributed by atoms with Crippen molar-refractivity contribution in [2.75, 3.05) is 5.32 Å². The molecule has 0 saturated heterocycles. The fourth-order valence-electron chi connectivity index (χ4n) is 2.49. The van der Waals surface area contributed by atoms with Crippen molar-refractivity contribution in [3.05, 3.63) is 62.6 Å². The summed E-state index contributed by atoms with van der Waals surface area (Å²) in [4.78, 5) is 0. The molecule has 21 heavy (non-hydrogen) atoms. The predicted molar refractivity (Wildman–Crippen MR) is 91.5 cm³/mol. The molecule has 0 fully saturated rings. The van der Waals surface area contributed by atoms with Crippen LogP contribution in [0, 0.1) is 32.1 Å². The van der Waals surface area contributed by atoms with Crippen LogP contribution in [0.2, 0.25) is 0 Å². The summed E-state index contributed by atoms with van der Waals surface area (Å²) in [5, 5.41) is 12.7. The summed E-state index contributed by atoms with van der Waals surface area (Å²) >= 11 is 3.46. The second-order valence-corrected chi connectivity index (χ2v) is 6.38. The third-order valence-electron chi connectivity index (χ3n) is 3.82. The SMILES string of the molecule is Cc1cc(C)c(C(C)Nc2cc(Br)ccc2C#N)cc1C. The third kappa shape index (κ3) is 3.46. The van der Waals surface area contributed by atoms with Crippen LogP contribution in [0.4, 0.5) is 5.69 Å². The lowest BCUT2D eigenvalue weighted by Crippen LogP contribution is -2.10. The van der Waals surface area contributed by atoms with E-state index in [0.29, 0.717) is 5.56 Å². The average molecular weight is 343 g/mol. The van der Waals surface area contributed by atoms with Gasteiger partial charge >= 0.3 is 0 Å². The van der Waals surface area contributed by atoms with E-state index in [1.165, 1.54) is 22.3 Å². The van der Waals surface area contributed by atoms with Crippen molar-refractivity contribution in [3.8, 4) is 6.07 Å². The maximum absolute atomic E-state index is 9.22. The van der Waals surface area contributed by atoms with Crippen LogP contribution in [0.25, 0.3) is 0 Å². The van der Waals surface area contributed by atoms with Crippen molar-refractivity contribution in [1.82, 2.24) is 0 Å². The van der Waals surface area contributed by atoms with Gasteiger partial charge in [-0.1, -0.05) is 28.1 Å². The van der Waals surface area contributed by atoms with Crippen molar-refractivity contribution >= 4 is 21.6 Å². The summed E-state index contributed by atoms with van der Waals surface area (Å²) in [5.41, 5.74) is 6.65. The summed E-state index contributed by atoms with van der Waals surface area (Å²) in [7, 11) is 0. The minimum atomic E-state index is 0.144. The first kappa shape index (κ1) is 15.6. The molecular weight excluding hydrogens is 324 g/mol. The molecule has 0 aliphatic rings. The molecule has 0 bridgehead atoms. The second kappa shape index (κ2) is 6.32. The Bertz CT molecular complexity index is 714. The van der Waals surface area contributed by atoms with Gasteiger partial charge in [0.1, 0.15) is 6.07 Å². The Morgan fingerprint density at radius 2 is 1.71 bits per heavy atom. The van der Waals surface area contributed by atoms with Crippen LogP contribution in [0.15, 0.2) is 34.8 Å². The molecule has 0 radical (unpaired) electrons. The number of aryl methyl sites for hydroxylation is 3. The minimum absolute atomic E-state index is 0.144. The molecule has 1 unspecified atom stereocenters. The van der Waals surface area contributed by atoms with Gasteiger partial charge in [-0.15, -0.1) is 0 Å². The Kier molecular flexibility index (Phi) is 4.69. The van der Waals surface area contributed by atoms with Crippen LogP contribution in [0.1, 0.15) is 40.8 Å².